The van der Waals surface area contributed by atoms with E-state index in [1.165, 1.54) is 25.7 Å². The van der Waals surface area contributed by atoms with Crippen LogP contribution in [-0.4, -0.2) is 48.3 Å². The second kappa shape index (κ2) is 4.28. The zero-order valence-corrected chi connectivity index (χ0v) is 10.5. The Morgan fingerprint density at radius 1 is 1.00 bits per heavy atom. The molecule has 0 aromatic carbocycles. The quantitative estimate of drug-likeness (QED) is 0.728. The van der Waals surface area contributed by atoms with Crippen molar-refractivity contribution in [2.75, 3.05) is 13.1 Å². The molecule has 3 heteroatoms. The van der Waals surface area contributed by atoms with E-state index in [2.05, 4.69) is 24.1 Å². The van der Waals surface area contributed by atoms with Crippen molar-refractivity contribution in [3.05, 3.63) is 0 Å². The van der Waals surface area contributed by atoms with Crippen LogP contribution >= 0.6 is 0 Å². The van der Waals surface area contributed by atoms with Crippen LogP contribution in [0.15, 0.2) is 0 Å². The highest BCUT2D eigenvalue weighted by molar-refractivity contribution is 4.96. The highest BCUT2D eigenvalue weighted by atomic mass is 16.5. The molecule has 0 spiro atoms. The summed E-state index contributed by atoms with van der Waals surface area (Å²) in [6, 6.07) is 2.42. The lowest BCUT2D eigenvalue weighted by Gasteiger charge is -2.43. The summed E-state index contributed by atoms with van der Waals surface area (Å²) in [5.74, 6) is 0. The molecule has 3 heterocycles. The van der Waals surface area contributed by atoms with E-state index < -0.39 is 0 Å². The fraction of sp³-hybridized carbons (Fsp3) is 1.00. The van der Waals surface area contributed by atoms with Gasteiger partial charge in [0.25, 0.3) is 0 Å². The number of hydrogen-bond acceptors (Lipinski definition) is 3. The van der Waals surface area contributed by atoms with Crippen LogP contribution < -0.4 is 5.32 Å². The molecule has 0 amide bonds. The molecule has 0 radical (unpaired) electrons. The minimum absolute atomic E-state index is 0.413. The maximum Gasteiger partial charge on any atom is 0.0678 e. The standard InChI is InChI=1S/C13H24N2O/c1-9-7-15(8-10(2)16-9)13-5-11-3-4-12(6-13)14-11/h9-14H,3-8H2,1-2H3/t9-,10+,11?,12?,13?. The zero-order valence-electron chi connectivity index (χ0n) is 10.5. The summed E-state index contributed by atoms with van der Waals surface area (Å²) in [4.78, 5) is 2.69. The maximum absolute atomic E-state index is 5.82. The predicted molar refractivity (Wildman–Crippen MR) is 64.5 cm³/mol. The van der Waals surface area contributed by atoms with Crippen LogP contribution in [0.25, 0.3) is 0 Å². The number of piperidine rings is 1. The number of fused-ring (bicyclic) bond motifs is 2. The molecule has 16 heavy (non-hydrogen) atoms. The third-order valence-electron chi connectivity index (χ3n) is 4.41. The fourth-order valence-corrected chi connectivity index (χ4v) is 3.84. The minimum atomic E-state index is 0.413. The Balaban J connectivity index is 1.64. The summed E-state index contributed by atoms with van der Waals surface area (Å²) < 4.78 is 5.82. The van der Waals surface area contributed by atoms with E-state index in [0.717, 1.165) is 31.2 Å². The van der Waals surface area contributed by atoms with Crippen LogP contribution in [0.2, 0.25) is 0 Å². The summed E-state index contributed by atoms with van der Waals surface area (Å²) in [5, 5.41) is 3.72. The molecule has 0 aliphatic carbocycles. The second-order valence-corrected chi connectivity index (χ2v) is 5.97. The molecule has 3 saturated heterocycles. The van der Waals surface area contributed by atoms with Crippen molar-refractivity contribution in [3.63, 3.8) is 0 Å². The van der Waals surface area contributed by atoms with Gasteiger partial charge in [0.1, 0.15) is 0 Å². The molecule has 1 N–H and O–H groups in total. The normalized spacial score (nSPS) is 49.5. The van der Waals surface area contributed by atoms with Gasteiger partial charge in [0.05, 0.1) is 12.2 Å². The van der Waals surface area contributed by atoms with Gasteiger partial charge in [-0.05, 0) is 39.5 Å². The third-order valence-corrected chi connectivity index (χ3v) is 4.41. The van der Waals surface area contributed by atoms with Crippen molar-refractivity contribution >= 4 is 0 Å². The van der Waals surface area contributed by atoms with Crippen molar-refractivity contribution in [1.82, 2.24) is 10.2 Å². The molecule has 3 aliphatic heterocycles. The van der Waals surface area contributed by atoms with E-state index in [1.807, 2.05) is 0 Å². The van der Waals surface area contributed by atoms with Crippen molar-refractivity contribution in [2.24, 2.45) is 0 Å². The van der Waals surface area contributed by atoms with Gasteiger partial charge < -0.3 is 10.1 Å². The Bertz CT molecular complexity index is 236. The molecule has 3 rings (SSSR count). The number of nitrogens with one attached hydrogen (secondary N) is 1. The maximum atomic E-state index is 5.82. The first-order valence-corrected chi connectivity index (χ1v) is 6.86. The zero-order chi connectivity index (χ0) is 11.1. The van der Waals surface area contributed by atoms with E-state index in [4.69, 9.17) is 4.74 Å². The minimum Gasteiger partial charge on any atom is -0.373 e. The first-order chi connectivity index (χ1) is 7.70. The molecule has 2 bridgehead atoms. The Labute approximate surface area is 98.5 Å². The summed E-state index contributed by atoms with van der Waals surface area (Å²) in [5.41, 5.74) is 0. The van der Waals surface area contributed by atoms with Gasteiger partial charge in [0, 0.05) is 31.2 Å². The van der Waals surface area contributed by atoms with Crippen molar-refractivity contribution < 1.29 is 4.74 Å². The van der Waals surface area contributed by atoms with Crippen LogP contribution in [0.5, 0.6) is 0 Å². The Kier molecular flexibility index (Phi) is 2.94. The summed E-state index contributed by atoms with van der Waals surface area (Å²) >= 11 is 0. The van der Waals surface area contributed by atoms with E-state index in [1.54, 1.807) is 0 Å². The smallest absolute Gasteiger partial charge is 0.0678 e. The van der Waals surface area contributed by atoms with Gasteiger partial charge in [-0.15, -0.1) is 0 Å². The van der Waals surface area contributed by atoms with Crippen LogP contribution in [0.4, 0.5) is 0 Å². The molecule has 3 aliphatic rings. The van der Waals surface area contributed by atoms with Crippen molar-refractivity contribution in [1.29, 1.82) is 0 Å². The van der Waals surface area contributed by atoms with Crippen LogP contribution in [0.1, 0.15) is 39.5 Å². The van der Waals surface area contributed by atoms with E-state index >= 15 is 0 Å². The van der Waals surface area contributed by atoms with Gasteiger partial charge in [-0.1, -0.05) is 0 Å². The van der Waals surface area contributed by atoms with E-state index in [-0.39, 0.29) is 0 Å². The van der Waals surface area contributed by atoms with Gasteiger partial charge in [0.2, 0.25) is 0 Å². The Hall–Kier alpha value is -0.120. The number of morpholine rings is 1. The van der Waals surface area contributed by atoms with E-state index in [0.29, 0.717) is 12.2 Å². The van der Waals surface area contributed by atoms with Gasteiger partial charge in [0.15, 0.2) is 0 Å². The van der Waals surface area contributed by atoms with Gasteiger partial charge in [-0.2, -0.15) is 0 Å². The first-order valence-electron chi connectivity index (χ1n) is 6.86. The number of rotatable bonds is 1. The van der Waals surface area contributed by atoms with Crippen molar-refractivity contribution in [2.45, 2.75) is 69.9 Å². The van der Waals surface area contributed by atoms with E-state index in [9.17, 15) is 0 Å². The topological polar surface area (TPSA) is 24.5 Å². The lowest BCUT2D eigenvalue weighted by Crippen LogP contribution is -2.54. The lowest BCUT2D eigenvalue weighted by molar-refractivity contribution is -0.0851. The highest BCUT2D eigenvalue weighted by Crippen LogP contribution is 2.31. The van der Waals surface area contributed by atoms with Crippen LogP contribution in [-0.2, 0) is 4.74 Å². The van der Waals surface area contributed by atoms with Gasteiger partial charge in [-0.25, -0.2) is 0 Å². The summed E-state index contributed by atoms with van der Waals surface area (Å²) in [6.07, 6.45) is 6.34. The van der Waals surface area contributed by atoms with Gasteiger partial charge in [-0.3, -0.25) is 4.90 Å². The Morgan fingerprint density at radius 2 is 1.56 bits per heavy atom. The molecular weight excluding hydrogens is 200 g/mol. The largest absolute Gasteiger partial charge is 0.373 e. The molecule has 0 aromatic rings. The highest BCUT2D eigenvalue weighted by Gasteiger charge is 2.37. The molecule has 0 aromatic heterocycles. The second-order valence-electron chi connectivity index (χ2n) is 5.97. The predicted octanol–water partition coefficient (Wildman–Crippen LogP) is 1.38. The molecule has 2 unspecified atom stereocenters. The average Bonchev–Trinajstić information content (AvgIpc) is 2.56. The monoisotopic (exact) mass is 224 g/mol. The van der Waals surface area contributed by atoms with Gasteiger partial charge >= 0.3 is 0 Å². The fourth-order valence-electron chi connectivity index (χ4n) is 3.84. The molecule has 92 valence electrons. The number of nitrogens with zero attached hydrogens (tertiary/aromatic N) is 1. The average molecular weight is 224 g/mol. The SMILES string of the molecule is C[C@@H]1CN(C2CC3CCC(C2)N3)C[C@H](C)O1. The van der Waals surface area contributed by atoms with Crippen LogP contribution in [0.3, 0.4) is 0 Å². The molecule has 0 saturated carbocycles. The molecule has 4 atom stereocenters. The molecular formula is C13H24N2O. The summed E-state index contributed by atoms with van der Waals surface area (Å²) in [7, 11) is 0. The van der Waals surface area contributed by atoms with Crippen LogP contribution in [0, 0.1) is 0 Å². The summed E-state index contributed by atoms with van der Waals surface area (Å²) in [6.45, 7) is 6.68. The number of hydrogen-bond donors (Lipinski definition) is 1. The Morgan fingerprint density at radius 3 is 2.12 bits per heavy atom. The molecule has 3 nitrogen and oxygen atoms in total. The third kappa shape index (κ3) is 2.13. The van der Waals surface area contributed by atoms with Crippen molar-refractivity contribution in [3.8, 4) is 0 Å². The first kappa shape index (κ1) is 11.0. The molecule has 3 fully saturated rings. The number of ether oxygens (including phenoxy) is 1. The lowest BCUT2D eigenvalue weighted by atomic mass is 9.97.